The smallest absolute Gasteiger partial charge is 0.255 e. The number of hydrogen-bond donors (Lipinski definition) is 2. The van der Waals surface area contributed by atoms with Crippen molar-refractivity contribution in [1.82, 2.24) is 9.97 Å². The quantitative estimate of drug-likeness (QED) is 0.454. The number of aromatic nitrogens is 2. The first-order valence-corrected chi connectivity index (χ1v) is 10.0. The number of nitrogens with one attached hydrogen (secondary N) is 2. The monoisotopic (exact) mass is 427 g/mol. The second-order valence-corrected chi connectivity index (χ2v) is 7.44. The van der Waals surface area contributed by atoms with Crippen LogP contribution in [-0.2, 0) is 4.79 Å². The van der Waals surface area contributed by atoms with Crippen molar-refractivity contribution < 1.29 is 14.0 Å². The average Bonchev–Trinajstić information content (AvgIpc) is 2.80. The van der Waals surface area contributed by atoms with E-state index in [-0.39, 0.29) is 17.5 Å². The fourth-order valence-electron chi connectivity index (χ4n) is 3.40. The Kier molecular flexibility index (Phi) is 5.89. The van der Waals surface area contributed by atoms with Crippen LogP contribution in [0, 0.1) is 12.7 Å². The molecule has 3 aromatic carbocycles. The average molecular weight is 427 g/mol. The molecule has 0 aliphatic rings. The van der Waals surface area contributed by atoms with E-state index in [0.29, 0.717) is 33.5 Å². The van der Waals surface area contributed by atoms with E-state index in [1.807, 2.05) is 37.5 Å². The molecule has 4 aromatic rings. The van der Waals surface area contributed by atoms with Crippen molar-refractivity contribution in [3.63, 3.8) is 0 Å². The van der Waals surface area contributed by atoms with Crippen molar-refractivity contribution in [2.45, 2.75) is 19.9 Å². The van der Waals surface area contributed by atoms with Gasteiger partial charge in [0.2, 0.25) is 6.29 Å². The van der Waals surface area contributed by atoms with Crippen LogP contribution < -0.4 is 10.6 Å². The minimum Gasteiger partial charge on any atom is -0.363 e. The van der Waals surface area contributed by atoms with Crippen molar-refractivity contribution in [2.75, 3.05) is 10.6 Å². The highest BCUT2D eigenvalue weighted by Crippen LogP contribution is 2.26. The Hall–Kier alpha value is -4.13. The minimum atomic E-state index is -0.420. The Morgan fingerprint density at radius 3 is 2.66 bits per heavy atom. The van der Waals surface area contributed by atoms with Crippen molar-refractivity contribution in [3.05, 3.63) is 95.1 Å². The molecule has 0 spiro atoms. The molecule has 1 unspecified atom stereocenters. The van der Waals surface area contributed by atoms with E-state index in [0.717, 1.165) is 5.56 Å². The molecule has 1 heterocycles. The lowest BCUT2D eigenvalue weighted by Gasteiger charge is -2.17. The normalized spacial score (nSPS) is 11.7. The summed E-state index contributed by atoms with van der Waals surface area (Å²) < 4.78 is 13.8. The van der Waals surface area contributed by atoms with Gasteiger partial charge in [0.05, 0.1) is 17.1 Å². The van der Waals surface area contributed by atoms with Crippen LogP contribution in [0.5, 0.6) is 0 Å². The fraction of sp³-hybridized carbons (Fsp3) is 0.120. The minimum absolute atomic E-state index is 0.161. The zero-order chi connectivity index (χ0) is 22.7. The van der Waals surface area contributed by atoms with Crippen LogP contribution >= 0.6 is 0 Å². The molecule has 7 heteroatoms. The summed E-state index contributed by atoms with van der Waals surface area (Å²) in [6.45, 7) is 3.60. The zero-order valence-corrected chi connectivity index (χ0v) is 17.5. The number of fused-ring (bicyclic) bond motifs is 1. The van der Waals surface area contributed by atoms with Crippen molar-refractivity contribution >= 4 is 34.6 Å². The summed E-state index contributed by atoms with van der Waals surface area (Å²) in [5, 5.41) is 6.86. The number of anilines is 2. The van der Waals surface area contributed by atoms with E-state index in [9.17, 15) is 14.0 Å². The molecule has 0 aliphatic heterocycles. The van der Waals surface area contributed by atoms with Gasteiger partial charge in [-0.15, -0.1) is 0 Å². The number of nitrogens with zero attached hydrogens (tertiary/aromatic N) is 2. The van der Waals surface area contributed by atoms with Gasteiger partial charge in [0, 0.05) is 16.6 Å². The molecule has 0 fully saturated rings. The second kappa shape index (κ2) is 8.93. The van der Waals surface area contributed by atoms with E-state index < -0.39 is 5.82 Å². The van der Waals surface area contributed by atoms with Crippen LogP contribution in [0.2, 0.25) is 0 Å². The largest absolute Gasteiger partial charge is 0.363 e. The summed E-state index contributed by atoms with van der Waals surface area (Å²) in [7, 11) is 0. The standard InChI is InChI=1S/C25H20FN4O2/c1-15-9-10-18(12-22(15)26)25(32)30-20-7-3-5-17(11-20)16(2)29-24-21-8-4-6-19(13-31)23(21)27-14-28-24/h3-12,14,16H,1-2H3,(H,30,32)(H,27,28,29). The lowest BCUT2D eigenvalue weighted by atomic mass is 10.1. The maximum absolute atomic E-state index is 13.8. The summed E-state index contributed by atoms with van der Waals surface area (Å²) in [6, 6.07) is 16.8. The SMILES string of the molecule is Cc1ccc(C(=O)Nc2cccc(C(C)Nc3ncnc4c([C]=O)cccc34)c2)cc1F. The first kappa shape index (κ1) is 21.1. The molecule has 159 valence electrons. The molecule has 1 radical (unpaired) electrons. The maximum atomic E-state index is 13.8. The summed E-state index contributed by atoms with van der Waals surface area (Å²) in [6.07, 6.45) is 3.29. The van der Waals surface area contributed by atoms with Gasteiger partial charge in [0.25, 0.3) is 5.91 Å². The predicted octanol–water partition coefficient (Wildman–Crippen LogP) is 4.96. The molecule has 2 N–H and O–H groups in total. The summed E-state index contributed by atoms with van der Waals surface area (Å²) in [4.78, 5) is 32.2. The van der Waals surface area contributed by atoms with E-state index in [1.54, 1.807) is 37.3 Å². The van der Waals surface area contributed by atoms with Gasteiger partial charge in [-0.3, -0.25) is 9.59 Å². The van der Waals surface area contributed by atoms with Crippen LogP contribution in [0.4, 0.5) is 15.9 Å². The van der Waals surface area contributed by atoms with Gasteiger partial charge in [0.1, 0.15) is 18.0 Å². The number of rotatable bonds is 6. The zero-order valence-electron chi connectivity index (χ0n) is 17.5. The van der Waals surface area contributed by atoms with E-state index in [2.05, 4.69) is 20.6 Å². The predicted molar refractivity (Wildman–Crippen MR) is 122 cm³/mol. The molecular weight excluding hydrogens is 407 g/mol. The highest BCUT2D eigenvalue weighted by molar-refractivity contribution is 6.04. The van der Waals surface area contributed by atoms with Crippen LogP contribution in [0.3, 0.4) is 0 Å². The third-order valence-electron chi connectivity index (χ3n) is 5.21. The Labute approximate surface area is 184 Å². The van der Waals surface area contributed by atoms with Crippen LogP contribution in [0.25, 0.3) is 10.9 Å². The topological polar surface area (TPSA) is 84.0 Å². The Morgan fingerprint density at radius 1 is 1.06 bits per heavy atom. The molecule has 32 heavy (non-hydrogen) atoms. The lowest BCUT2D eigenvalue weighted by molar-refractivity contribution is 0.102. The molecule has 0 saturated carbocycles. The van der Waals surface area contributed by atoms with Gasteiger partial charge >= 0.3 is 0 Å². The van der Waals surface area contributed by atoms with Crippen molar-refractivity contribution in [2.24, 2.45) is 0 Å². The number of benzene rings is 3. The maximum Gasteiger partial charge on any atom is 0.255 e. The third kappa shape index (κ3) is 4.32. The summed E-state index contributed by atoms with van der Waals surface area (Å²) in [5.41, 5.74) is 3.13. The number of carbonyl (C=O) groups is 1. The third-order valence-corrected chi connectivity index (χ3v) is 5.21. The van der Waals surface area contributed by atoms with Gasteiger partial charge in [-0.25, -0.2) is 14.4 Å². The molecule has 0 saturated heterocycles. The lowest BCUT2D eigenvalue weighted by Crippen LogP contribution is -2.13. The van der Waals surface area contributed by atoms with Gasteiger partial charge < -0.3 is 10.6 Å². The number of carbonyl (C=O) groups excluding carboxylic acids is 2. The number of hydrogen-bond acceptors (Lipinski definition) is 5. The van der Waals surface area contributed by atoms with E-state index >= 15 is 0 Å². The van der Waals surface area contributed by atoms with Gasteiger partial charge in [-0.05, 0) is 61.4 Å². The molecule has 1 amide bonds. The van der Waals surface area contributed by atoms with Crippen molar-refractivity contribution in [3.8, 4) is 0 Å². The summed E-state index contributed by atoms with van der Waals surface area (Å²) in [5.74, 6) is -0.220. The Balaban J connectivity index is 1.54. The van der Waals surface area contributed by atoms with Gasteiger partial charge in [0.15, 0.2) is 0 Å². The van der Waals surface area contributed by atoms with Gasteiger partial charge in [-0.2, -0.15) is 0 Å². The highest BCUT2D eigenvalue weighted by Gasteiger charge is 2.13. The fourth-order valence-corrected chi connectivity index (χ4v) is 3.40. The Morgan fingerprint density at radius 2 is 1.88 bits per heavy atom. The number of amides is 1. The number of halogens is 1. The Bertz CT molecular complexity index is 1320. The van der Waals surface area contributed by atoms with Gasteiger partial charge in [-0.1, -0.05) is 24.3 Å². The summed E-state index contributed by atoms with van der Waals surface area (Å²) >= 11 is 0. The number of aryl methyl sites for hydroxylation is 1. The first-order chi connectivity index (χ1) is 15.5. The molecule has 0 bridgehead atoms. The highest BCUT2D eigenvalue weighted by atomic mass is 19.1. The molecule has 1 aromatic heterocycles. The van der Waals surface area contributed by atoms with Crippen LogP contribution in [0.15, 0.2) is 67.0 Å². The van der Waals surface area contributed by atoms with E-state index in [4.69, 9.17) is 0 Å². The van der Waals surface area contributed by atoms with E-state index in [1.165, 1.54) is 12.4 Å². The van der Waals surface area contributed by atoms with Crippen molar-refractivity contribution in [1.29, 1.82) is 0 Å². The molecule has 6 nitrogen and oxygen atoms in total. The molecule has 1 atom stereocenters. The second-order valence-electron chi connectivity index (χ2n) is 7.44. The van der Waals surface area contributed by atoms with Crippen LogP contribution in [-0.4, -0.2) is 22.2 Å². The molecule has 0 aliphatic carbocycles. The van der Waals surface area contributed by atoms with Crippen LogP contribution in [0.1, 0.15) is 40.0 Å². The number of para-hydroxylation sites is 1. The molecular formula is C25H20FN4O2. The molecule has 4 rings (SSSR count). The first-order valence-electron chi connectivity index (χ1n) is 10.0.